The van der Waals surface area contributed by atoms with Gasteiger partial charge in [-0.05, 0) is 37.1 Å². The van der Waals surface area contributed by atoms with E-state index in [1.807, 2.05) is 12.1 Å². The van der Waals surface area contributed by atoms with Crippen LogP contribution in [-0.2, 0) is 11.3 Å². The van der Waals surface area contributed by atoms with Gasteiger partial charge in [0.25, 0.3) is 0 Å². The van der Waals surface area contributed by atoms with E-state index in [9.17, 15) is 9.90 Å². The number of hydrogen-bond donors (Lipinski definition) is 2. The van der Waals surface area contributed by atoms with Crippen LogP contribution in [0.15, 0.2) is 24.3 Å². The van der Waals surface area contributed by atoms with Crippen molar-refractivity contribution in [2.75, 3.05) is 6.54 Å². The Morgan fingerprint density at radius 3 is 3.00 bits per heavy atom. The van der Waals surface area contributed by atoms with Crippen molar-refractivity contribution in [1.29, 1.82) is 0 Å². The molecule has 3 N–H and O–H groups in total. The predicted octanol–water partition coefficient (Wildman–Crippen LogP) is 1.27. The number of carbonyl (C=O) groups excluding carboxylic acids is 1. The molecule has 1 aromatic carbocycles. The third-order valence-corrected chi connectivity index (χ3v) is 3.53. The highest BCUT2D eigenvalue weighted by Crippen LogP contribution is 2.19. The van der Waals surface area contributed by atoms with Gasteiger partial charge in [0.1, 0.15) is 12.0 Å². The zero-order valence-electron chi connectivity index (χ0n) is 10.5. The number of likely N-dealkylation sites (tertiary alicyclic amines) is 1. The number of benzene rings is 1. The zero-order valence-corrected chi connectivity index (χ0v) is 10.5. The molecular formula is C14H20N2O2. The van der Waals surface area contributed by atoms with Crippen molar-refractivity contribution >= 4 is 6.29 Å². The van der Waals surface area contributed by atoms with E-state index in [0.717, 1.165) is 37.7 Å². The average Bonchev–Trinajstić information content (AvgIpc) is 2.51. The molecular weight excluding hydrogens is 228 g/mol. The number of aldehydes is 1. The maximum Gasteiger partial charge on any atom is 0.138 e. The van der Waals surface area contributed by atoms with Gasteiger partial charge in [-0.15, -0.1) is 0 Å². The Bertz CT molecular complexity index is 409. The van der Waals surface area contributed by atoms with E-state index >= 15 is 0 Å². The highest BCUT2D eigenvalue weighted by Gasteiger charge is 2.26. The lowest BCUT2D eigenvalue weighted by Gasteiger charge is -2.29. The maximum atomic E-state index is 11.2. The van der Waals surface area contributed by atoms with Crippen LogP contribution in [0.1, 0.15) is 24.8 Å². The Labute approximate surface area is 107 Å². The summed E-state index contributed by atoms with van der Waals surface area (Å²) in [5.41, 5.74) is 7.05. The first-order chi connectivity index (χ1) is 8.70. The first kappa shape index (κ1) is 13.1. The molecule has 1 unspecified atom stereocenters. The van der Waals surface area contributed by atoms with Gasteiger partial charge in [0, 0.05) is 12.6 Å². The van der Waals surface area contributed by atoms with E-state index in [1.165, 1.54) is 0 Å². The average molecular weight is 248 g/mol. The summed E-state index contributed by atoms with van der Waals surface area (Å²) in [7, 11) is 0. The smallest absolute Gasteiger partial charge is 0.138 e. The largest absolute Gasteiger partial charge is 0.508 e. The van der Waals surface area contributed by atoms with Crippen molar-refractivity contribution in [2.45, 2.75) is 37.9 Å². The fraction of sp³-hybridized carbons (Fsp3) is 0.500. The number of aromatic hydroxyl groups is 1. The second-order valence-corrected chi connectivity index (χ2v) is 4.93. The quantitative estimate of drug-likeness (QED) is 0.791. The van der Waals surface area contributed by atoms with E-state index in [0.29, 0.717) is 6.54 Å². The minimum atomic E-state index is -0.213. The number of carbonyl (C=O) groups is 1. The molecule has 0 bridgehead atoms. The number of hydrogen-bond acceptors (Lipinski definition) is 4. The third kappa shape index (κ3) is 3.09. The van der Waals surface area contributed by atoms with E-state index in [2.05, 4.69) is 4.90 Å². The fourth-order valence-corrected chi connectivity index (χ4v) is 2.55. The minimum absolute atomic E-state index is 0.0812. The standard InChI is InChI=1S/C14H20N2O2/c15-13-6-1-2-7-16(14(13)10-17)9-11-4-3-5-12(18)8-11/h3-5,8,10,13-14,18H,1-2,6-7,9,15H2/t13-,14?/m1/s1. The summed E-state index contributed by atoms with van der Waals surface area (Å²) >= 11 is 0. The summed E-state index contributed by atoms with van der Waals surface area (Å²) in [5, 5.41) is 9.46. The molecule has 0 spiro atoms. The third-order valence-electron chi connectivity index (χ3n) is 3.53. The van der Waals surface area contributed by atoms with Gasteiger partial charge in [-0.25, -0.2) is 0 Å². The molecule has 18 heavy (non-hydrogen) atoms. The van der Waals surface area contributed by atoms with Crippen molar-refractivity contribution in [3.05, 3.63) is 29.8 Å². The molecule has 0 aliphatic carbocycles. The molecule has 2 atom stereocenters. The minimum Gasteiger partial charge on any atom is -0.508 e. The molecule has 0 amide bonds. The molecule has 2 rings (SSSR count). The SMILES string of the molecule is N[C@@H]1CCCCN(Cc2cccc(O)c2)C1C=O. The number of phenolic OH excluding ortho intramolecular Hbond substituents is 1. The number of nitrogens with two attached hydrogens (primary N) is 1. The highest BCUT2D eigenvalue weighted by molar-refractivity contribution is 5.59. The molecule has 4 nitrogen and oxygen atoms in total. The highest BCUT2D eigenvalue weighted by atomic mass is 16.3. The summed E-state index contributed by atoms with van der Waals surface area (Å²) < 4.78 is 0. The van der Waals surface area contributed by atoms with Crippen molar-refractivity contribution in [3.8, 4) is 5.75 Å². The van der Waals surface area contributed by atoms with Crippen LogP contribution < -0.4 is 5.73 Å². The number of nitrogens with zero attached hydrogens (tertiary/aromatic N) is 1. The molecule has 0 radical (unpaired) electrons. The first-order valence-electron chi connectivity index (χ1n) is 6.43. The molecule has 98 valence electrons. The summed E-state index contributed by atoms with van der Waals surface area (Å²) in [6, 6.07) is 6.86. The molecule has 0 saturated carbocycles. The van der Waals surface area contributed by atoms with Crippen molar-refractivity contribution in [3.63, 3.8) is 0 Å². The van der Waals surface area contributed by atoms with Gasteiger partial charge in [0.05, 0.1) is 6.04 Å². The van der Waals surface area contributed by atoms with Crippen LogP contribution in [0, 0.1) is 0 Å². The van der Waals surface area contributed by atoms with Gasteiger partial charge < -0.3 is 15.6 Å². The summed E-state index contributed by atoms with van der Waals surface area (Å²) in [6.45, 7) is 1.54. The Hall–Kier alpha value is -1.39. The van der Waals surface area contributed by atoms with E-state index in [-0.39, 0.29) is 17.8 Å². The van der Waals surface area contributed by atoms with Crippen molar-refractivity contribution < 1.29 is 9.90 Å². The van der Waals surface area contributed by atoms with Gasteiger partial charge >= 0.3 is 0 Å². The normalized spacial score (nSPS) is 25.6. The van der Waals surface area contributed by atoms with Gasteiger partial charge in [-0.3, -0.25) is 4.90 Å². The van der Waals surface area contributed by atoms with Gasteiger partial charge in [-0.1, -0.05) is 18.6 Å². The Kier molecular flexibility index (Phi) is 4.33. The van der Waals surface area contributed by atoms with Crippen LogP contribution in [0.4, 0.5) is 0 Å². The molecule has 1 saturated heterocycles. The first-order valence-corrected chi connectivity index (χ1v) is 6.43. The van der Waals surface area contributed by atoms with Gasteiger partial charge in [-0.2, -0.15) is 0 Å². The molecule has 1 aliphatic rings. The molecule has 1 fully saturated rings. The predicted molar refractivity (Wildman–Crippen MR) is 70.2 cm³/mol. The second kappa shape index (κ2) is 5.98. The molecule has 1 aromatic rings. The van der Waals surface area contributed by atoms with Crippen LogP contribution in [-0.4, -0.2) is 34.9 Å². The lowest BCUT2D eigenvalue weighted by Crippen LogP contribution is -2.47. The van der Waals surface area contributed by atoms with Crippen LogP contribution >= 0.6 is 0 Å². The van der Waals surface area contributed by atoms with Gasteiger partial charge in [0.15, 0.2) is 0 Å². The van der Waals surface area contributed by atoms with E-state index < -0.39 is 0 Å². The van der Waals surface area contributed by atoms with Crippen molar-refractivity contribution in [1.82, 2.24) is 4.90 Å². The van der Waals surface area contributed by atoms with Crippen LogP contribution in [0.5, 0.6) is 5.75 Å². The fourth-order valence-electron chi connectivity index (χ4n) is 2.55. The van der Waals surface area contributed by atoms with Crippen LogP contribution in [0.25, 0.3) is 0 Å². The van der Waals surface area contributed by atoms with Crippen LogP contribution in [0.3, 0.4) is 0 Å². The lowest BCUT2D eigenvalue weighted by atomic mass is 10.1. The van der Waals surface area contributed by atoms with Crippen LogP contribution in [0.2, 0.25) is 0 Å². The number of rotatable bonds is 3. The second-order valence-electron chi connectivity index (χ2n) is 4.93. The maximum absolute atomic E-state index is 11.2. The Morgan fingerprint density at radius 1 is 1.44 bits per heavy atom. The topological polar surface area (TPSA) is 66.6 Å². The summed E-state index contributed by atoms with van der Waals surface area (Å²) in [5.74, 6) is 0.259. The van der Waals surface area contributed by atoms with E-state index in [1.54, 1.807) is 12.1 Å². The Balaban J connectivity index is 2.12. The zero-order chi connectivity index (χ0) is 13.0. The lowest BCUT2D eigenvalue weighted by molar-refractivity contribution is -0.113. The number of phenols is 1. The van der Waals surface area contributed by atoms with Gasteiger partial charge in [0.2, 0.25) is 0 Å². The molecule has 4 heteroatoms. The molecule has 1 aliphatic heterocycles. The Morgan fingerprint density at radius 2 is 2.28 bits per heavy atom. The van der Waals surface area contributed by atoms with E-state index in [4.69, 9.17) is 5.73 Å². The monoisotopic (exact) mass is 248 g/mol. The molecule has 1 heterocycles. The summed E-state index contributed by atoms with van der Waals surface area (Å²) in [6.07, 6.45) is 4.00. The van der Waals surface area contributed by atoms with Crippen molar-refractivity contribution in [2.24, 2.45) is 5.73 Å². The summed E-state index contributed by atoms with van der Waals surface area (Å²) in [4.78, 5) is 13.3. The molecule has 0 aromatic heterocycles.